The van der Waals surface area contributed by atoms with Crippen molar-refractivity contribution in [2.75, 3.05) is 13.2 Å². The molecule has 236 valence electrons. The minimum absolute atomic E-state index is 0.0396. The predicted molar refractivity (Wildman–Crippen MR) is 164 cm³/mol. The average molecular weight is 607 g/mol. The van der Waals surface area contributed by atoms with E-state index in [0.29, 0.717) is 13.0 Å². The monoisotopic (exact) mass is 606 g/mol. The van der Waals surface area contributed by atoms with E-state index < -0.39 is 42.0 Å². The molecule has 4 atom stereocenters. The van der Waals surface area contributed by atoms with Gasteiger partial charge in [-0.3, -0.25) is 14.4 Å². The Morgan fingerprint density at radius 3 is 2.16 bits per heavy atom. The van der Waals surface area contributed by atoms with Gasteiger partial charge in [0.25, 0.3) is 0 Å². The Morgan fingerprint density at radius 2 is 1.57 bits per heavy atom. The van der Waals surface area contributed by atoms with E-state index in [2.05, 4.69) is 21.3 Å². The number of esters is 1. The number of hydrogen-bond acceptors (Lipinski definition) is 7. The highest BCUT2D eigenvalue weighted by Crippen LogP contribution is 2.17. The number of nitrogens with one attached hydrogen (secondary N) is 4. The van der Waals surface area contributed by atoms with Crippen LogP contribution in [-0.4, -0.2) is 61.1 Å². The first-order valence-electron chi connectivity index (χ1n) is 14.9. The second-order valence-electron chi connectivity index (χ2n) is 10.9. The molecule has 0 saturated carbocycles. The molecule has 11 heteroatoms. The van der Waals surface area contributed by atoms with Gasteiger partial charge in [-0.2, -0.15) is 0 Å². The van der Waals surface area contributed by atoms with E-state index in [9.17, 15) is 24.0 Å². The number of alkyl carbamates (subject to hydrolysis) is 1. The molecule has 2 aromatic carbocycles. The first-order chi connectivity index (χ1) is 21.2. The van der Waals surface area contributed by atoms with Crippen molar-refractivity contribution in [3.63, 3.8) is 0 Å². The van der Waals surface area contributed by atoms with Crippen molar-refractivity contribution in [3.8, 4) is 0 Å². The van der Waals surface area contributed by atoms with E-state index in [-0.39, 0.29) is 43.8 Å². The largest absolute Gasteiger partial charge is 0.463 e. The third kappa shape index (κ3) is 11.2. The summed E-state index contributed by atoms with van der Waals surface area (Å²) in [7, 11) is 0. The third-order valence-electron chi connectivity index (χ3n) is 7.13. The summed E-state index contributed by atoms with van der Waals surface area (Å²) in [6.45, 7) is 6.01. The molecular weight excluding hydrogens is 564 g/mol. The predicted octanol–water partition coefficient (Wildman–Crippen LogP) is 2.80. The zero-order valence-electron chi connectivity index (χ0n) is 25.4. The number of hydrogen-bond donors (Lipinski definition) is 4. The lowest BCUT2D eigenvalue weighted by molar-refractivity contribution is -0.137. The van der Waals surface area contributed by atoms with Crippen LogP contribution in [0.1, 0.15) is 44.7 Å². The van der Waals surface area contributed by atoms with E-state index in [1.165, 1.54) is 12.2 Å². The lowest BCUT2D eigenvalue weighted by Gasteiger charge is -2.26. The highest BCUT2D eigenvalue weighted by atomic mass is 16.5. The summed E-state index contributed by atoms with van der Waals surface area (Å²) < 4.78 is 10.3. The molecule has 0 unspecified atom stereocenters. The first kappa shape index (κ1) is 33.8. The summed E-state index contributed by atoms with van der Waals surface area (Å²) in [5.74, 6) is -2.41. The average Bonchev–Trinajstić information content (AvgIpc) is 3.41. The molecule has 0 aliphatic carbocycles. The molecule has 1 saturated heterocycles. The van der Waals surface area contributed by atoms with Crippen molar-refractivity contribution >= 4 is 29.8 Å². The van der Waals surface area contributed by atoms with Crippen LogP contribution in [0.25, 0.3) is 0 Å². The molecule has 0 spiro atoms. The van der Waals surface area contributed by atoms with Crippen molar-refractivity contribution < 1.29 is 33.4 Å². The van der Waals surface area contributed by atoms with Crippen molar-refractivity contribution in [2.45, 2.75) is 64.8 Å². The van der Waals surface area contributed by atoms with Gasteiger partial charge in [0.05, 0.1) is 6.61 Å². The number of rotatable bonds is 15. The van der Waals surface area contributed by atoms with E-state index >= 15 is 0 Å². The van der Waals surface area contributed by atoms with E-state index in [1.54, 1.807) is 20.8 Å². The van der Waals surface area contributed by atoms with Gasteiger partial charge in [0.15, 0.2) is 0 Å². The van der Waals surface area contributed by atoms with Gasteiger partial charge in [-0.15, -0.1) is 0 Å². The Labute approximate surface area is 258 Å². The fraction of sp³-hybridized carbons (Fsp3) is 0.424. The summed E-state index contributed by atoms with van der Waals surface area (Å²) in [6.07, 6.45) is 3.01. The smallest absolute Gasteiger partial charge is 0.408 e. The molecule has 4 N–H and O–H groups in total. The maximum atomic E-state index is 13.7. The minimum Gasteiger partial charge on any atom is -0.463 e. The highest BCUT2D eigenvalue weighted by Gasteiger charge is 2.32. The van der Waals surface area contributed by atoms with Crippen LogP contribution < -0.4 is 21.3 Å². The van der Waals surface area contributed by atoms with Gasteiger partial charge in [-0.25, -0.2) is 9.59 Å². The van der Waals surface area contributed by atoms with Crippen LogP contribution in [0.4, 0.5) is 4.79 Å². The molecule has 2 aromatic rings. The third-order valence-corrected chi connectivity index (χ3v) is 7.13. The molecular formula is C33H42N4O7. The molecule has 0 aromatic heterocycles. The van der Waals surface area contributed by atoms with Gasteiger partial charge < -0.3 is 30.7 Å². The zero-order chi connectivity index (χ0) is 31.9. The molecule has 44 heavy (non-hydrogen) atoms. The Morgan fingerprint density at radius 1 is 0.909 bits per heavy atom. The topological polar surface area (TPSA) is 152 Å². The Hall–Kier alpha value is -4.67. The normalized spacial score (nSPS) is 16.5. The van der Waals surface area contributed by atoms with Gasteiger partial charge in [0.2, 0.25) is 17.7 Å². The fourth-order valence-corrected chi connectivity index (χ4v) is 4.78. The second-order valence-corrected chi connectivity index (χ2v) is 10.9. The van der Waals surface area contributed by atoms with Crippen LogP contribution in [0.5, 0.6) is 0 Å². The lowest BCUT2D eigenvalue weighted by atomic mass is 9.97. The first-order valence-corrected chi connectivity index (χ1v) is 14.9. The molecule has 1 aliphatic rings. The van der Waals surface area contributed by atoms with Gasteiger partial charge in [0.1, 0.15) is 18.7 Å². The van der Waals surface area contributed by atoms with Crippen molar-refractivity contribution in [3.05, 3.63) is 83.9 Å². The summed E-state index contributed by atoms with van der Waals surface area (Å²) in [6, 6.07) is 15.7. The Balaban J connectivity index is 1.75. The maximum Gasteiger partial charge on any atom is 0.408 e. The summed E-state index contributed by atoms with van der Waals surface area (Å²) >= 11 is 0. The molecule has 0 radical (unpaired) electrons. The van der Waals surface area contributed by atoms with Crippen LogP contribution in [0.15, 0.2) is 72.8 Å². The number of carbonyl (C=O) groups excluding carboxylic acids is 5. The van der Waals surface area contributed by atoms with Crippen LogP contribution in [0.2, 0.25) is 0 Å². The number of carbonyl (C=O) groups is 5. The number of benzene rings is 2. The Bertz CT molecular complexity index is 1280. The van der Waals surface area contributed by atoms with Crippen molar-refractivity contribution in [1.82, 2.24) is 21.3 Å². The minimum atomic E-state index is -1.02. The zero-order valence-corrected chi connectivity index (χ0v) is 25.4. The number of ether oxygens (including phenoxy) is 2. The van der Waals surface area contributed by atoms with E-state index in [0.717, 1.165) is 11.1 Å². The molecule has 11 nitrogen and oxygen atoms in total. The maximum absolute atomic E-state index is 13.7. The molecule has 3 rings (SSSR count). The highest BCUT2D eigenvalue weighted by molar-refractivity contribution is 5.92. The second kappa shape index (κ2) is 17.4. The lowest BCUT2D eigenvalue weighted by Crippen LogP contribution is -2.57. The quantitative estimate of drug-likeness (QED) is 0.180. The van der Waals surface area contributed by atoms with E-state index in [4.69, 9.17) is 9.47 Å². The van der Waals surface area contributed by atoms with Gasteiger partial charge in [-0.1, -0.05) is 80.6 Å². The summed E-state index contributed by atoms with van der Waals surface area (Å²) in [4.78, 5) is 64.1. The fourth-order valence-electron chi connectivity index (χ4n) is 4.78. The van der Waals surface area contributed by atoms with Crippen LogP contribution in [-0.2, 0) is 41.7 Å². The molecule has 1 aliphatic heterocycles. The van der Waals surface area contributed by atoms with Crippen molar-refractivity contribution in [2.24, 2.45) is 11.8 Å². The SMILES string of the molecule is CCOC(=O)C=C[C@H](C[C@@H]1CCNC1=O)NC(=O)[C@H](Cc1ccccc1)NC(=O)[C@@H](NC(=O)OCc1ccccc1)C(C)C. The molecule has 0 bridgehead atoms. The van der Waals surface area contributed by atoms with Crippen molar-refractivity contribution in [1.29, 1.82) is 0 Å². The molecule has 1 heterocycles. The summed E-state index contributed by atoms with van der Waals surface area (Å²) in [5, 5.41) is 11.1. The number of amides is 4. The molecule has 1 fully saturated rings. The van der Waals surface area contributed by atoms with Crippen LogP contribution in [0.3, 0.4) is 0 Å². The summed E-state index contributed by atoms with van der Waals surface area (Å²) in [5.41, 5.74) is 1.60. The van der Waals surface area contributed by atoms with Crippen LogP contribution >= 0.6 is 0 Å². The van der Waals surface area contributed by atoms with Gasteiger partial charge >= 0.3 is 12.1 Å². The Kier molecular flexibility index (Phi) is 13.4. The van der Waals surface area contributed by atoms with Gasteiger partial charge in [0, 0.05) is 31.0 Å². The molecule has 4 amide bonds. The standard InChI is InChI=1S/C33H42N4O7/c1-4-43-28(38)16-15-26(20-25-17-18-34-30(25)39)35-31(40)27(19-23-11-7-5-8-12-23)36-32(41)29(22(2)3)37-33(42)44-21-24-13-9-6-10-14-24/h5-16,22,25-27,29H,4,17-21H2,1-3H3,(H,34,39)(H,35,40)(H,36,41)(H,37,42)/t25-,26+,27-,29-/m0/s1. The van der Waals surface area contributed by atoms with E-state index in [1.807, 2.05) is 60.7 Å². The van der Waals surface area contributed by atoms with Gasteiger partial charge in [-0.05, 0) is 36.8 Å². The van der Waals surface area contributed by atoms with Crippen LogP contribution in [0, 0.1) is 11.8 Å².